The van der Waals surface area contributed by atoms with Gasteiger partial charge in [-0.3, -0.25) is 13.9 Å². The molecule has 0 radical (unpaired) electrons. The molecule has 0 amide bonds. The second kappa shape index (κ2) is 7.22. The molecule has 136 valence electrons. The molecule has 1 fully saturated rings. The van der Waals surface area contributed by atoms with Gasteiger partial charge in [-0.15, -0.1) is 0 Å². The van der Waals surface area contributed by atoms with Crippen LogP contribution < -0.4 is 20.9 Å². The minimum absolute atomic E-state index is 0.0418. The first kappa shape index (κ1) is 18.0. The Kier molecular flexibility index (Phi) is 5.00. The zero-order valence-corrected chi connectivity index (χ0v) is 15.2. The average molecular weight is 376 g/mol. The molecule has 0 saturated carbocycles. The van der Waals surface area contributed by atoms with E-state index >= 15 is 0 Å². The molecule has 1 aliphatic rings. The Morgan fingerprint density at radius 2 is 2.08 bits per heavy atom. The van der Waals surface area contributed by atoms with E-state index in [2.05, 4.69) is 4.98 Å². The van der Waals surface area contributed by atoms with Crippen LogP contribution in [0.2, 0.25) is 5.02 Å². The molecule has 26 heavy (non-hydrogen) atoms. The lowest BCUT2D eigenvalue weighted by Crippen LogP contribution is -2.47. The Morgan fingerprint density at radius 3 is 2.73 bits per heavy atom. The fourth-order valence-electron chi connectivity index (χ4n) is 3.13. The minimum Gasteiger partial charge on any atom is -0.472 e. The molecule has 3 rings (SSSR count). The summed E-state index contributed by atoms with van der Waals surface area (Å²) in [6.07, 6.45) is 2.94. The number of halogens is 1. The van der Waals surface area contributed by atoms with E-state index < -0.39 is 11.2 Å². The molecule has 8 nitrogen and oxygen atoms in total. The molecule has 1 atom stereocenters. The maximum absolute atomic E-state index is 12.3. The molecule has 0 spiro atoms. The van der Waals surface area contributed by atoms with E-state index in [1.54, 1.807) is 19.2 Å². The molecule has 0 aromatic carbocycles. The maximum Gasteiger partial charge on any atom is 0.332 e. The number of nitriles is 1. The third-order valence-electron chi connectivity index (χ3n) is 4.41. The molecular formula is C17H18ClN5O3. The van der Waals surface area contributed by atoms with Gasteiger partial charge in [-0.25, -0.2) is 9.78 Å². The third kappa shape index (κ3) is 3.30. The third-order valence-corrected chi connectivity index (χ3v) is 4.63. The number of ether oxygens (including phenoxy) is 1. The van der Waals surface area contributed by atoms with Gasteiger partial charge >= 0.3 is 5.69 Å². The Morgan fingerprint density at radius 1 is 1.31 bits per heavy atom. The normalized spacial score (nSPS) is 17.0. The van der Waals surface area contributed by atoms with Crippen LogP contribution in [-0.2, 0) is 14.1 Å². The SMILES string of the molecule is Cn1c(N2CCCC(Oc3ccc(Cl)cn3)C2)c(C#N)c(=O)n(C)c1=O. The highest BCUT2D eigenvalue weighted by Crippen LogP contribution is 2.23. The Balaban J connectivity index is 1.91. The molecule has 1 unspecified atom stereocenters. The number of pyridine rings is 1. The van der Waals surface area contributed by atoms with Crippen LogP contribution in [0.1, 0.15) is 18.4 Å². The molecule has 0 aliphatic carbocycles. The van der Waals surface area contributed by atoms with Crippen LogP contribution >= 0.6 is 11.6 Å². The van der Waals surface area contributed by atoms with E-state index in [0.717, 1.165) is 17.4 Å². The van der Waals surface area contributed by atoms with Crippen molar-refractivity contribution in [1.29, 1.82) is 5.26 Å². The smallest absolute Gasteiger partial charge is 0.332 e. The van der Waals surface area contributed by atoms with Crippen molar-refractivity contribution in [3.63, 3.8) is 0 Å². The predicted octanol–water partition coefficient (Wildman–Crippen LogP) is 1.05. The summed E-state index contributed by atoms with van der Waals surface area (Å²) in [5.74, 6) is 0.789. The lowest BCUT2D eigenvalue weighted by molar-refractivity contribution is 0.171. The van der Waals surface area contributed by atoms with Gasteiger partial charge in [0.15, 0.2) is 5.56 Å². The number of piperidine rings is 1. The molecule has 2 aromatic heterocycles. The van der Waals surface area contributed by atoms with Gasteiger partial charge in [0, 0.05) is 32.9 Å². The molecular weight excluding hydrogens is 358 g/mol. The van der Waals surface area contributed by atoms with Crippen LogP contribution in [0.5, 0.6) is 5.88 Å². The molecule has 2 aromatic rings. The van der Waals surface area contributed by atoms with Crippen LogP contribution in [0.4, 0.5) is 5.82 Å². The first-order chi connectivity index (χ1) is 12.4. The van der Waals surface area contributed by atoms with Gasteiger partial charge in [-0.1, -0.05) is 11.6 Å². The Hall–Kier alpha value is -2.79. The molecule has 3 heterocycles. The highest BCUT2D eigenvalue weighted by Gasteiger charge is 2.27. The molecule has 1 saturated heterocycles. The zero-order chi connectivity index (χ0) is 18.8. The minimum atomic E-state index is -0.590. The summed E-state index contributed by atoms with van der Waals surface area (Å²) in [7, 11) is 2.92. The fourth-order valence-corrected chi connectivity index (χ4v) is 3.24. The van der Waals surface area contributed by atoms with E-state index in [1.165, 1.54) is 17.8 Å². The summed E-state index contributed by atoms with van der Waals surface area (Å²) in [5, 5.41) is 9.96. The second-order valence-electron chi connectivity index (χ2n) is 6.16. The van der Waals surface area contributed by atoms with Crippen LogP contribution in [0.15, 0.2) is 27.9 Å². The highest BCUT2D eigenvalue weighted by atomic mass is 35.5. The summed E-state index contributed by atoms with van der Waals surface area (Å²) < 4.78 is 8.17. The van der Waals surface area contributed by atoms with Crippen molar-refractivity contribution in [2.45, 2.75) is 18.9 Å². The number of aromatic nitrogens is 3. The van der Waals surface area contributed by atoms with Gasteiger partial charge in [0.25, 0.3) is 5.56 Å². The first-order valence-corrected chi connectivity index (χ1v) is 8.53. The van der Waals surface area contributed by atoms with Crippen molar-refractivity contribution in [1.82, 2.24) is 14.1 Å². The highest BCUT2D eigenvalue weighted by molar-refractivity contribution is 6.30. The number of rotatable bonds is 3. The second-order valence-corrected chi connectivity index (χ2v) is 6.60. The van der Waals surface area contributed by atoms with Crippen LogP contribution in [-0.4, -0.2) is 33.3 Å². The lowest BCUT2D eigenvalue weighted by Gasteiger charge is -2.35. The Labute approximate surface area is 154 Å². The monoisotopic (exact) mass is 375 g/mol. The fraction of sp³-hybridized carbons (Fsp3) is 0.412. The largest absolute Gasteiger partial charge is 0.472 e. The van der Waals surface area contributed by atoms with E-state index in [4.69, 9.17) is 16.3 Å². The van der Waals surface area contributed by atoms with Gasteiger partial charge in [0.1, 0.15) is 18.0 Å². The summed E-state index contributed by atoms with van der Waals surface area (Å²) in [5.41, 5.74) is -1.10. The predicted molar refractivity (Wildman–Crippen MR) is 96.7 cm³/mol. The van der Waals surface area contributed by atoms with Crippen molar-refractivity contribution in [3.8, 4) is 11.9 Å². The topological polar surface area (TPSA) is 93.2 Å². The number of anilines is 1. The van der Waals surface area contributed by atoms with Gasteiger partial charge in [-0.2, -0.15) is 5.26 Å². The first-order valence-electron chi connectivity index (χ1n) is 8.15. The molecule has 0 bridgehead atoms. The standard InChI is InChI=1S/C17H18ClN5O3/c1-21-15(13(8-19)16(24)22(2)17(21)25)23-7-3-4-12(10-23)26-14-6-5-11(18)9-20-14/h5-6,9,12H,3-4,7,10H2,1-2H3. The summed E-state index contributed by atoms with van der Waals surface area (Å²) in [4.78, 5) is 30.5. The number of nitrogens with zero attached hydrogens (tertiary/aromatic N) is 5. The van der Waals surface area contributed by atoms with E-state index in [9.17, 15) is 14.9 Å². The summed E-state index contributed by atoms with van der Waals surface area (Å²) in [6.45, 7) is 1.07. The van der Waals surface area contributed by atoms with Crippen molar-refractivity contribution in [2.75, 3.05) is 18.0 Å². The maximum atomic E-state index is 12.3. The van der Waals surface area contributed by atoms with Crippen LogP contribution in [0, 0.1) is 11.3 Å². The van der Waals surface area contributed by atoms with Crippen LogP contribution in [0.25, 0.3) is 0 Å². The van der Waals surface area contributed by atoms with Gasteiger partial charge < -0.3 is 9.64 Å². The van der Waals surface area contributed by atoms with Crippen molar-refractivity contribution >= 4 is 17.4 Å². The van der Waals surface area contributed by atoms with E-state index in [-0.39, 0.29) is 11.7 Å². The Bertz CT molecular complexity index is 974. The summed E-state index contributed by atoms with van der Waals surface area (Å²) >= 11 is 5.83. The molecule has 9 heteroatoms. The van der Waals surface area contributed by atoms with E-state index in [1.807, 2.05) is 11.0 Å². The lowest BCUT2D eigenvalue weighted by atomic mass is 10.1. The van der Waals surface area contributed by atoms with Crippen molar-refractivity contribution < 1.29 is 4.74 Å². The van der Waals surface area contributed by atoms with Gasteiger partial charge in [-0.05, 0) is 18.9 Å². The average Bonchev–Trinajstić information content (AvgIpc) is 2.65. The summed E-state index contributed by atoms with van der Waals surface area (Å²) in [6, 6.07) is 5.33. The quantitative estimate of drug-likeness (QED) is 0.796. The van der Waals surface area contributed by atoms with Crippen molar-refractivity contribution in [2.24, 2.45) is 14.1 Å². The number of hydrogen-bond acceptors (Lipinski definition) is 6. The molecule has 0 N–H and O–H groups in total. The van der Waals surface area contributed by atoms with Crippen LogP contribution in [0.3, 0.4) is 0 Å². The zero-order valence-electron chi connectivity index (χ0n) is 14.5. The van der Waals surface area contributed by atoms with E-state index in [0.29, 0.717) is 29.8 Å². The molecule has 1 aliphatic heterocycles. The van der Waals surface area contributed by atoms with Gasteiger partial charge in [0.05, 0.1) is 11.6 Å². The van der Waals surface area contributed by atoms with Gasteiger partial charge in [0.2, 0.25) is 5.88 Å². The van der Waals surface area contributed by atoms with Crippen molar-refractivity contribution in [3.05, 3.63) is 49.8 Å². The number of hydrogen-bond donors (Lipinski definition) is 0.